The average Bonchev–Trinajstić information content (AvgIpc) is 2.97. The van der Waals surface area contributed by atoms with E-state index in [4.69, 9.17) is 18.9 Å². The molecule has 0 radical (unpaired) electrons. The maximum absolute atomic E-state index is 12.1. The van der Waals surface area contributed by atoms with Crippen molar-refractivity contribution in [2.45, 2.75) is 57.3 Å². The van der Waals surface area contributed by atoms with Gasteiger partial charge < -0.3 is 29.2 Å². The first kappa shape index (κ1) is 26.5. The standard InChI is InChI=1S/C29H40N4O5/c1-3-36-29(34)14-22-8-13-37-26-18-32-28(15-23(22)26)38-19-20-6-11-33(12-7-20)25-16-27(35-2)31-17-24(25)21-4-9-30-10-5-21/h15-18,20-22,30H,3-14,19H2,1-2H3. The van der Waals surface area contributed by atoms with E-state index in [1.807, 2.05) is 19.2 Å². The summed E-state index contributed by atoms with van der Waals surface area (Å²) in [7, 11) is 1.68. The Morgan fingerprint density at radius 1 is 1.05 bits per heavy atom. The van der Waals surface area contributed by atoms with Gasteiger partial charge in [0.2, 0.25) is 11.8 Å². The number of nitrogens with one attached hydrogen (secondary N) is 1. The largest absolute Gasteiger partial charge is 0.492 e. The smallest absolute Gasteiger partial charge is 0.306 e. The van der Waals surface area contributed by atoms with E-state index in [1.165, 1.54) is 11.3 Å². The first-order chi connectivity index (χ1) is 18.6. The van der Waals surface area contributed by atoms with E-state index in [0.717, 1.165) is 69.6 Å². The van der Waals surface area contributed by atoms with Crippen LogP contribution in [0.2, 0.25) is 0 Å². The molecular weight excluding hydrogens is 484 g/mol. The van der Waals surface area contributed by atoms with Crippen molar-refractivity contribution in [3.8, 4) is 17.5 Å². The molecule has 9 nitrogen and oxygen atoms in total. The van der Waals surface area contributed by atoms with E-state index in [-0.39, 0.29) is 11.9 Å². The summed E-state index contributed by atoms with van der Waals surface area (Å²) in [6, 6.07) is 4.06. The van der Waals surface area contributed by atoms with E-state index in [1.54, 1.807) is 13.3 Å². The quantitative estimate of drug-likeness (QED) is 0.487. The van der Waals surface area contributed by atoms with Crippen molar-refractivity contribution >= 4 is 11.7 Å². The van der Waals surface area contributed by atoms with Crippen LogP contribution in [-0.2, 0) is 9.53 Å². The molecule has 0 bridgehead atoms. The van der Waals surface area contributed by atoms with Gasteiger partial charge in [-0.3, -0.25) is 4.79 Å². The molecule has 1 unspecified atom stereocenters. The van der Waals surface area contributed by atoms with Crippen molar-refractivity contribution in [1.29, 1.82) is 0 Å². The number of hydrogen-bond donors (Lipinski definition) is 1. The van der Waals surface area contributed by atoms with E-state index in [2.05, 4.69) is 26.3 Å². The molecule has 5 rings (SSSR count). The van der Waals surface area contributed by atoms with Gasteiger partial charge in [-0.05, 0) is 69.5 Å². The van der Waals surface area contributed by atoms with Crippen LogP contribution in [0.25, 0.3) is 0 Å². The van der Waals surface area contributed by atoms with Crippen molar-refractivity contribution in [3.05, 3.63) is 35.7 Å². The monoisotopic (exact) mass is 524 g/mol. The minimum Gasteiger partial charge on any atom is -0.492 e. The Balaban J connectivity index is 1.19. The number of ether oxygens (including phenoxy) is 4. The molecule has 1 atom stereocenters. The number of rotatable bonds is 9. The summed E-state index contributed by atoms with van der Waals surface area (Å²) in [4.78, 5) is 23.6. The Labute approximate surface area is 225 Å². The van der Waals surface area contributed by atoms with E-state index >= 15 is 0 Å². The van der Waals surface area contributed by atoms with Crippen LogP contribution in [0.4, 0.5) is 5.69 Å². The second kappa shape index (κ2) is 12.7. The van der Waals surface area contributed by atoms with Gasteiger partial charge in [-0.2, -0.15) is 0 Å². The van der Waals surface area contributed by atoms with Crippen LogP contribution in [0.5, 0.6) is 17.5 Å². The van der Waals surface area contributed by atoms with E-state index < -0.39 is 0 Å². The van der Waals surface area contributed by atoms with Crippen LogP contribution < -0.4 is 24.4 Å². The molecule has 2 saturated heterocycles. The summed E-state index contributed by atoms with van der Waals surface area (Å²) < 4.78 is 22.6. The van der Waals surface area contributed by atoms with Crippen LogP contribution in [0.1, 0.15) is 68.4 Å². The molecule has 0 amide bonds. The second-order valence-electron chi connectivity index (χ2n) is 10.5. The fraction of sp³-hybridized carbons (Fsp3) is 0.621. The zero-order valence-corrected chi connectivity index (χ0v) is 22.6. The number of hydrogen-bond acceptors (Lipinski definition) is 9. The molecule has 0 saturated carbocycles. The lowest BCUT2D eigenvalue weighted by Gasteiger charge is -2.36. The molecule has 2 fully saturated rings. The Kier molecular flexibility index (Phi) is 8.83. The number of piperidine rings is 2. The topological polar surface area (TPSA) is 95.0 Å². The lowest BCUT2D eigenvalue weighted by atomic mass is 9.89. The van der Waals surface area contributed by atoms with Gasteiger partial charge in [-0.25, -0.2) is 9.97 Å². The van der Waals surface area contributed by atoms with Crippen molar-refractivity contribution in [3.63, 3.8) is 0 Å². The molecule has 0 spiro atoms. The first-order valence-electron chi connectivity index (χ1n) is 14.0. The van der Waals surface area contributed by atoms with Gasteiger partial charge in [0.15, 0.2) is 0 Å². The number of fused-ring (bicyclic) bond motifs is 1. The first-order valence-corrected chi connectivity index (χ1v) is 14.0. The molecule has 3 aliphatic rings. The molecule has 38 heavy (non-hydrogen) atoms. The van der Waals surface area contributed by atoms with Crippen LogP contribution in [0, 0.1) is 5.92 Å². The van der Waals surface area contributed by atoms with Crippen molar-refractivity contribution in [2.24, 2.45) is 5.92 Å². The Morgan fingerprint density at radius 2 is 1.84 bits per heavy atom. The molecule has 2 aromatic rings. The van der Waals surface area contributed by atoms with Gasteiger partial charge in [0, 0.05) is 48.6 Å². The Bertz CT molecular complexity index is 1080. The third kappa shape index (κ3) is 6.31. The Hall–Kier alpha value is -3.07. The van der Waals surface area contributed by atoms with Crippen molar-refractivity contribution in [2.75, 3.05) is 58.0 Å². The van der Waals surface area contributed by atoms with Gasteiger partial charge in [-0.15, -0.1) is 0 Å². The van der Waals surface area contributed by atoms with Crippen molar-refractivity contribution < 1.29 is 23.7 Å². The second-order valence-corrected chi connectivity index (χ2v) is 10.5. The molecule has 0 aliphatic carbocycles. The van der Waals surface area contributed by atoms with E-state index in [9.17, 15) is 4.79 Å². The summed E-state index contributed by atoms with van der Waals surface area (Å²) >= 11 is 0. The molecule has 5 heterocycles. The predicted molar refractivity (Wildman–Crippen MR) is 144 cm³/mol. The lowest BCUT2D eigenvalue weighted by molar-refractivity contribution is -0.143. The van der Waals surface area contributed by atoms with E-state index in [0.29, 0.717) is 49.8 Å². The zero-order chi connectivity index (χ0) is 26.3. The Morgan fingerprint density at radius 3 is 2.61 bits per heavy atom. The molecule has 0 aromatic carbocycles. The highest BCUT2D eigenvalue weighted by molar-refractivity contribution is 5.71. The lowest BCUT2D eigenvalue weighted by Crippen LogP contribution is -2.37. The summed E-state index contributed by atoms with van der Waals surface area (Å²) in [5.41, 5.74) is 3.60. The fourth-order valence-electron chi connectivity index (χ4n) is 5.87. The third-order valence-electron chi connectivity index (χ3n) is 8.05. The molecular formula is C29H40N4O5. The minimum atomic E-state index is -0.175. The summed E-state index contributed by atoms with van der Waals surface area (Å²) in [6.07, 6.45) is 9.28. The molecule has 2 aromatic heterocycles. The number of anilines is 1. The highest BCUT2D eigenvalue weighted by Crippen LogP contribution is 2.38. The van der Waals surface area contributed by atoms with Crippen molar-refractivity contribution in [1.82, 2.24) is 15.3 Å². The number of pyridine rings is 2. The van der Waals surface area contributed by atoms with Crippen LogP contribution in [-0.4, -0.2) is 69.0 Å². The predicted octanol–water partition coefficient (Wildman–Crippen LogP) is 4.07. The molecule has 9 heteroatoms. The highest BCUT2D eigenvalue weighted by Gasteiger charge is 2.28. The number of carbonyl (C=O) groups excluding carboxylic acids is 1. The maximum atomic E-state index is 12.1. The normalized spacial score (nSPS) is 20.4. The van der Waals surface area contributed by atoms with Crippen LogP contribution in [0.3, 0.4) is 0 Å². The number of methoxy groups -OCH3 is 1. The van der Waals surface area contributed by atoms with Gasteiger partial charge in [0.25, 0.3) is 0 Å². The summed E-state index contributed by atoms with van der Waals surface area (Å²) in [5, 5.41) is 3.47. The number of carbonyl (C=O) groups is 1. The highest BCUT2D eigenvalue weighted by atomic mass is 16.5. The fourth-order valence-corrected chi connectivity index (χ4v) is 5.87. The molecule has 206 valence electrons. The SMILES string of the molecule is CCOC(=O)CC1CCOc2cnc(OCC3CCN(c4cc(OC)ncc4C4CCNCC4)CC3)cc21. The van der Waals surface area contributed by atoms with Gasteiger partial charge in [-0.1, -0.05) is 0 Å². The van der Waals surface area contributed by atoms with Gasteiger partial charge >= 0.3 is 5.97 Å². The minimum absolute atomic E-state index is 0.0675. The van der Waals surface area contributed by atoms with Crippen LogP contribution in [0.15, 0.2) is 24.5 Å². The maximum Gasteiger partial charge on any atom is 0.306 e. The molecule has 1 N–H and O–H groups in total. The number of aromatic nitrogens is 2. The summed E-state index contributed by atoms with van der Waals surface area (Å²) in [6.45, 7) is 7.51. The van der Waals surface area contributed by atoms with Crippen LogP contribution >= 0.6 is 0 Å². The van der Waals surface area contributed by atoms with Gasteiger partial charge in [0.1, 0.15) is 5.75 Å². The number of esters is 1. The molecule has 3 aliphatic heterocycles. The average molecular weight is 525 g/mol. The number of nitrogens with zero attached hydrogens (tertiary/aromatic N) is 3. The summed E-state index contributed by atoms with van der Waals surface area (Å²) in [5.74, 6) is 2.90. The third-order valence-corrected chi connectivity index (χ3v) is 8.05. The zero-order valence-electron chi connectivity index (χ0n) is 22.6. The van der Waals surface area contributed by atoms with Gasteiger partial charge in [0.05, 0.1) is 39.5 Å².